The summed E-state index contributed by atoms with van der Waals surface area (Å²) in [5.41, 5.74) is 0. The predicted octanol–water partition coefficient (Wildman–Crippen LogP) is 2.96. The van der Waals surface area contributed by atoms with Crippen molar-refractivity contribution in [1.29, 1.82) is 0 Å². The van der Waals surface area contributed by atoms with Crippen LogP contribution in [0.4, 0.5) is 0 Å². The Morgan fingerprint density at radius 3 is 2.22 bits per heavy atom. The van der Waals surface area contributed by atoms with Gasteiger partial charge in [0.05, 0.1) is 29.0 Å². The monoisotopic (exact) mass is 332 g/mol. The van der Waals surface area contributed by atoms with Gasteiger partial charge in [-0.25, -0.2) is 8.42 Å². The highest BCUT2D eigenvalue weighted by Crippen LogP contribution is 2.32. The summed E-state index contributed by atoms with van der Waals surface area (Å²) >= 11 is 11.8. The topological polar surface area (TPSA) is 52.6 Å². The van der Waals surface area contributed by atoms with Crippen LogP contribution in [-0.2, 0) is 13.8 Å². The van der Waals surface area contributed by atoms with Crippen molar-refractivity contribution < 1.29 is 17.9 Å². The first-order valence-electron chi connectivity index (χ1n) is 4.97. The summed E-state index contributed by atoms with van der Waals surface area (Å²) in [5, 5.41) is 0.816. The lowest BCUT2D eigenvalue weighted by atomic mass is 10.3. The van der Waals surface area contributed by atoms with Gasteiger partial charge in [-0.05, 0) is 12.1 Å². The number of ether oxygens (including phenoxy) is 2. The van der Waals surface area contributed by atoms with E-state index in [1.54, 1.807) is 18.2 Å². The van der Waals surface area contributed by atoms with Gasteiger partial charge in [-0.3, -0.25) is 0 Å². The molecule has 0 unspecified atom stereocenters. The summed E-state index contributed by atoms with van der Waals surface area (Å²) < 4.78 is 31.6. The summed E-state index contributed by atoms with van der Waals surface area (Å²) in [6, 6.07) is 5.02. The standard InChI is InChI=1S/C10H11Cl3O4S/c11-8-2-1-3-9(12)10(8)17-5-4-16-6-7-18(13,14)15/h1-3H,4-7H2. The van der Waals surface area contributed by atoms with Crippen LogP contribution in [0.5, 0.6) is 5.75 Å². The molecule has 0 saturated carbocycles. The third-order valence-corrected chi connectivity index (χ3v) is 3.58. The minimum atomic E-state index is -3.51. The highest BCUT2D eigenvalue weighted by molar-refractivity contribution is 8.13. The fourth-order valence-electron chi connectivity index (χ4n) is 1.08. The van der Waals surface area contributed by atoms with Gasteiger partial charge in [-0.2, -0.15) is 0 Å². The van der Waals surface area contributed by atoms with Gasteiger partial charge in [-0.15, -0.1) is 0 Å². The third kappa shape index (κ3) is 6.11. The molecular weight excluding hydrogens is 323 g/mol. The SMILES string of the molecule is O=S(=O)(Cl)CCOCCOc1c(Cl)cccc1Cl. The molecule has 0 heterocycles. The van der Waals surface area contributed by atoms with E-state index >= 15 is 0 Å². The molecule has 1 rings (SSSR count). The molecule has 0 bridgehead atoms. The van der Waals surface area contributed by atoms with Crippen LogP contribution in [-0.4, -0.2) is 34.0 Å². The number of hydrogen-bond acceptors (Lipinski definition) is 4. The van der Waals surface area contributed by atoms with E-state index in [-0.39, 0.29) is 25.6 Å². The molecule has 102 valence electrons. The minimum absolute atomic E-state index is 0.0193. The molecule has 0 fully saturated rings. The average molecular weight is 334 g/mol. The Kier molecular flexibility index (Phi) is 6.52. The van der Waals surface area contributed by atoms with Crippen molar-refractivity contribution in [2.45, 2.75) is 0 Å². The van der Waals surface area contributed by atoms with E-state index in [1.807, 2.05) is 0 Å². The van der Waals surface area contributed by atoms with Crippen LogP contribution in [0.3, 0.4) is 0 Å². The first-order chi connectivity index (χ1) is 8.40. The van der Waals surface area contributed by atoms with Gasteiger partial charge in [0, 0.05) is 10.7 Å². The van der Waals surface area contributed by atoms with Gasteiger partial charge < -0.3 is 9.47 Å². The summed E-state index contributed by atoms with van der Waals surface area (Å²) in [6.45, 7) is 0.450. The molecule has 1 aromatic rings. The summed E-state index contributed by atoms with van der Waals surface area (Å²) in [5.74, 6) is 0.149. The summed E-state index contributed by atoms with van der Waals surface area (Å²) in [7, 11) is 1.50. The molecule has 1 aromatic carbocycles. The largest absolute Gasteiger partial charge is 0.488 e. The average Bonchev–Trinajstić information content (AvgIpc) is 2.25. The second-order valence-corrected chi connectivity index (χ2v) is 6.97. The molecule has 0 radical (unpaired) electrons. The molecule has 0 atom stereocenters. The molecule has 0 aliphatic heterocycles. The van der Waals surface area contributed by atoms with Crippen molar-refractivity contribution in [2.75, 3.05) is 25.6 Å². The van der Waals surface area contributed by atoms with Crippen LogP contribution in [0.2, 0.25) is 10.0 Å². The Hall–Kier alpha value is -0.200. The van der Waals surface area contributed by atoms with Crippen molar-refractivity contribution >= 4 is 42.9 Å². The minimum Gasteiger partial charge on any atom is -0.488 e. The number of hydrogen-bond donors (Lipinski definition) is 0. The Labute approximate surface area is 120 Å². The highest BCUT2D eigenvalue weighted by atomic mass is 35.7. The maximum atomic E-state index is 10.6. The molecule has 0 aliphatic rings. The first kappa shape index (κ1) is 15.9. The lowest BCUT2D eigenvalue weighted by molar-refractivity contribution is 0.111. The Balaban J connectivity index is 2.26. The van der Waals surface area contributed by atoms with Crippen LogP contribution < -0.4 is 4.74 Å². The van der Waals surface area contributed by atoms with Gasteiger partial charge in [0.15, 0.2) is 5.75 Å². The number of benzene rings is 1. The van der Waals surface area contributed by atoms with Crippen molar-refractivity contribution in [3.63, 3.8) is 0 Å². The van der Waals surface area contributed by atoms with Gasteiger partial charge in [0.25, 0.3) is 0 Å². The van der Waals surface area contributed by atoms with E-state index in [1.165, 1.54) is 0 Å². The highest BCUT2D eigenvalue weighted by Gasteiger charge is 2.07. The van der Waals surface area contributed by atoms with Crippen molar-refractivity contribution in [3.8, 4) is 5.75 Å². The number of halogens is 3. The number of para-hydroxylation sites is 1. The molecule has 0 N–H and O–H groups in total. The second kappa shape index (κ2) is 7.40. The lowest BCUT2D eigenvalue weighted by Gasteiger charge is -2.09. The quantitative estimate of drug-likeness (QED) is 0.568. The molecule has 0 aliphatic carbocycles. The van der Waals surface area contributed by atoms with E-state index in [4.69, 9.17) is 43.4 Å². The van der Waals surface area contributed by atoms with Gasteiger partial charge in [0.2, 0.25) is 9.05 Å². The van der Waals surface area contributed by atoms with E-state index in [0.717, 1.165) is 0 Å². The van der Waals surface area contributed by atoms with E-state index < -0.39 is 9.05 Å². The van der Waals surface area contributed by atoms with Crippen molar-refractivity contribution in [3.05, 3.63) is 28.2 Å². The molecule has 0 aromatic heterocycles. The molecule has 4 nitrogen and oxygen atoms in total. The van der Waals surface area contributed by atoms with Crippen molar-refractivity contribution in [1.82, 2.24) is 0 Å². The number of rotatable bonds is 7. The van der Waals surface area contributed by atoms with Crippen molar-refractivity contribution in [2.24, 2.45) is 0 Å². The van der Waals surface area contributed by atoms with Crippen LogP contribution in [0.25, 0.3) is 0 Å². The first-order valence-corrected chi connectivity index (χ1v) is 8.20. The maximum Gasteiger partial charge on any atom is 0.234 e. The molecule has 0 saturated heterocycles. The molecule has 0 spiro atoms. The van der Waals surface area contributed by atoms with Crippen LogP contribution >= 0.6 is 33.9 Å². The fraction of sp³-hybridized carbons (Fsp3) is 0.400. The smallest absolute Gasteiger partial charge is 0.234 e. The normalized spacial score (nSPS) is 11.5. The third-order valence-electron chi connectivity index (χ3n) is 1.86. The summed E-state index contributed by atoms with van der Waals surface area (Å²) in [6.07, 6.45) is 0. The van der Waals surface area contributed by atoms with Crippen LogP contribution in [0.15, 0.2) is 18.2 Å². The zero-order valence-corrected chi connectivity index (χ0v) is 12.3. The molecular formula is C10H11Cl3O4S. The molecule has 8 heteroatoms. The zero-order chi connectivity index (χ0) is 13.6. The van der Waals surface area contributed by atoms with E-state index in [9.17, 15) is 8.42 Å². The van der Waals surface area contributed by atoms with Crippen LogP contribution in [0.1, 0.15) is 0 Å². The lowest BCUT2D eigenvalue weighted by Crippen LogP contribution is -2.12. The van der Waals surface area contributed by atoms with Crippen LogP contribution in [0, 0.1) is 0 Å². The second-order valence-electron chi connectivity index (χ2n) is 3.25. The van der Waals surface area contributed by atoms with Gasteiger partial charge >= 0.3 is 0 Å². The zero-order valence-electron chi connectivity index (χ0n) is 9.24. The fourth-order valence-corrected chi connectivity index (χ4v) is 2.10. The van der Waals surface area contributed by atoms with E-state index in [2.05, 4.69) is 0 Å². The van der Waals surface area contributed by atoms with Gasteiger partial charge in [0.1, 0.15) is 6.61 Å². The Morgan fingerprint density at radius 1 is 1.06 bits per heavy atom. The van der Waals surface area contributed by atoms with Gasteiger partial charge in [-0.1, -0.05) is 29.3 Å². The predicted molar refractivity (Wildman–Crippen MR) is 72.4 cm³/mol. The molecule has 0 amide bonds. The summed E-state index contributed by atoms with van der Waals surface area (Å²) in [4.78, 5) is 0. The van der Waals surface area contributed by atoms with E-state index in [0.29, 0.717) is 15.8 Å². The Morgan fingerprint density at radius 2 is 1.67 bits per heavy atom. The maximum absolute atomic E-state index is 10.6. The molecule has 18 heavy (non-hydrogen) atoms. The Bertz CT molecular complexity index is 470.